The third-order valence-corrected chi connectivity index (χ3v) is 3.45. The first kappa shape index (κ1) is 7.31. The predicted molar refractivity (Wildman–Crippen MR) is 52.4 cm³/mol. The van der Waals surface area contributed by atoms with Crippen LogP contribution < -0.4 is 0 Å². The summed E-state index contributed by atoms with van der Waals surface area (Å²) < 4.78 is 0. The Hall–Kier alpha value is -1.11. The zero-order valence-electron chi connectivity index (χ0n) is 7.61. The van der Waals surface area contributed by atoms with Gasteiger partial charge in [-0.1, -0.05) is 18.2 Å². The first-order valence-corrected chi connectivity index (χ1v) is 5.00. The molecule has 1 heteroatoms. The highest BCUT2D eigenvalue weighted by atomic mass is 14.7. The Morgan fingerprint density at radius 1 is 1.38 bits per heavy atom. The molecule has 0 saturated heterocycles. The van der Waals surface area contributed by atoms with E-state index in [1.807, 2.05) is 12.3 Å². The highest BCUT2D eigenvalue weighted by Gasteiger charge is 2.42. The third kappa shape index (κ3) is 0.963. The molecule has 0 radical (unpaired) electrons. The molecule has 0 amide bonds. The molecule has 0 aromatic carbocycles. The van der Waals surface area contributed by atoms with Crippen LogP contribution in [0.2, 0.25) is 0 Å². The number of hydrogen-bond donors (Lipinski definition) is 0. The van der Waals surface area contributed by atoms with Crippen LogP contribution in [-0.4, -0.2) is 4.98 Å². The van der Waals surface area contributed by atoms with Gasteiger partial charge in [0.05, 0.1) is 5.69 Å². The van der Waals surface area contributed by atoms with Gasteiger partial charge in [-0.2, -0.15) is 0 Å². The number of rotatable bonds is 1. The fourth-order valence-electron chi connectivity index (χ4n) is 2.73. The maximum Gasteiger partial charge on any atom is 0.0503 e. The molecular weight excluding hydrogens is 158 g/mol. The minimum atomic E-state index is 0.311. The van der Waals surface area contributed by atoms with E-state index < -0.39 is 0 Å². The molecule has 1 nitrogen and oxygen atoms in total. The van der Waals surface area contributed by atoms with Crippen molar-refractivity contribution in [3.63, 3.8) is 0 Å². The van der Waals surface area contributed by atoms with E-state index in [2.05, 4.69) is 29.3 Å². The summed E-state index contributed by atoms with van der Waals surface area (Å²) in [4.78, 5) is 4.48. The average molecular weight is 171 g/mol. The van der Waals surface area contributed by atoms with Crippen LogP contribution in [0.3, 0.4) is 0 Å². The molecule has 0 aliphatic heterocycles. The number of fused-ring (bicyclic) bond motifs is 2. The van der Waals surface area contributed by atoms with Gasteiger partial charge in [0.25, 0.3) is 0 Å². The van der Waals surface area contributed by atoms with Gasteiger partial charge in [-0.25, -0.2) is 0 Å². The molecule has 1 heterocycles. The first-order chi connectivity index (χ1) is 6.39. The number of allylic oxidation sites excluding steroid dienone is 2. The molecule has 3 rings (SSSR count). The highest BCUT2D eigenvalue weighted by molar-refractivity contribution is 5.32. The average Bonchev–Trinajstić information content (AvgIpc) is 2.80. The van der Waals surface area contributed by atoms with Crippen molar-refractivity contribution in [3.8, 4) is 0 Å². The van der Waals surface area contributed by atoms with E-state index in [4.69, 9.17) is 0 Å². The summed E-state index contributed by atoms with van der Waals surface area (Å²) in [5.41, 5.74) is 1.58. The maximum absolute atomic E-state index is 4.48. The van der Waals surface area contributed by atoms with Crippen molar-refractivity contribution in [2.45, 2.75) is 24.7 Å². The topological polar surface area (TPSA) is 12.9 Å². The maximum atomic E-state index is 4.48. The van der Waals surface area contributed by atoms with Gasteiger partial charge in [-0.05, 0) is 37.3 Å². The summed E-state index contributed by atoms with van der Waals surface area (Å²) in [6.07, 6.45) is 10.6. The molecule has 13 heavy (non-hydrogen) atoms. The number of hydrogen-bond acceptors (Lipinski definition) is 1. The summed E-state index contributed by atoms with van der Waals surface area (Å²) >= 11 is 0. The van der Waals surface area contributed by atoms with E-state index in [9.17, 15) is 0 Å². The quantitative estimate of drug-likeness (QED) is 0.592. The van der Waals surface area contributed by atoms with Crippen LogP contribution in [0.1, 0.15) is 25.0 Å². The molecule has 0 spiro atoms. The van der Waals surface area contributed by atoms with Crippen LogP contribution in [0.15, 0.2) is 36.5 Å². The van der Waals surface area contributed by atoms with Crippen LogP contribution in [0.4, 0.5) is 0 Å². The second kappa shape index (κ2) is 2.44. The van der Waals surface area contributed by atoms with Crippen molar-refractivity contribution in [3.05, 3.63) is 42.2 Å². The molecule has 2 atom stereocenters. The second-order valence-electron chi connectivity index (χ2n) is 4.23. The van der Waals surface area contributed by atoms with Crippen molar-refractivity contribution in [1.29, 1.82) is 0 Å². The van der Waals surface area contributed by atoms with Gasteiger partial charge in [-0.15, -0.1) is 0 Å². The Kier molecular flexibility index (Phi) is 1.37. The fourth-order valence-corrected chi connectivity index (χ4v) is 2.73. The zero-order valence-corrected chi connectivity index (χ0v) is 7.61. The summed E-state index contributed by atoms with van der Waals surface area (Å²) in [5, 5.41) is 0. The van der Waals surface area contributed by atoms with E-state index in [1.165, 1.54) is 25.0 Å². The van der Waals surface area contributed by atoms with E-state index in [0.717, 1.165) is 5.92 Å². The summed E-state index contributed by atoms with van der Waals surface area (Å²) in [7, 11) is 0. The molecule has 0 N–H and O–H groups in total. The minimum Gasteiger partial charge on any atom is -0.260 e. The Balaban J connectivity index is 2.06. The normalized spacial score (nSPS) is 35.5. The fraction of sp³-hybridized carbons (Fsp3) is 0.417. The number of pyridine rings is 1. The smallest absolute Gasteiger partial charge is 0.0503 e. The lowest BCUT2D eigenvalue weighted by molar-refractivity contribution is 0.548. The molecule has 66 valence electrons. The summed E-state index contributed by atoms with van der Waals surface area (Å²) in [6.45, 7) is 0. The monoisotopic (exact) mass is 171 g/mol. The predicted octanol–water partition coefficient (Wildman–Crippen LogP) is 2.69. The van der Waals surface area contributed by atoms with Gasteiger partial charge in [0.15, 0.2) is 0 Å². The van der Waals surface area contributed by atoms with Crippen molar-refractivity contribution in [2.24, 2.45) is 5.92 Å². The van der Waals surface area contributed by atoms with Crippen molar-refractivity contribution >= 4 is 0 Å². The zero-order chi connectivity index (χ0) is 8.73. The third-order valence-electron chi connectivity index (χ3n) is 3.45. The SMILES string of the molecule is C1=CC2(c3ccccn3)CCC1C2. The molecule has 2 bridgehead atoms. The molecular formula is C12H13N. The summed E-state index contributed by atoms with van der Waals surface area (Å²) in [5.74, 6) is 0.835. The Bertz CT molecular complexity index is 341. The van der Waals surface area contributed by atoms with Crippen molar-refractivity contribution in [1.82, 2.24) is 4.98 Å². The molecule has 2 unspecified atom stereocenters. The molecule has 1 aromatic rings. The van der Waals surface area contributed by atoms with E-state index in [1.54, 1.807) is 0 Å². The highest BCUT2D eigenvalue weighted by Crippen LogP contribution is 2.49. The minimum absolute atomic E-state index is 0.311. The van der Waals surface area contributed by atoms with Gasteiger partial charge in [0.1, 0.15) is 0 Å². The van der Waals surface area contributed by atoms with Gasteiger partial charge in [0, 0.05) is 11.6 Å². The van der Waals surface area contributed by atoms with E-state index >= 15 is 0 Å². The van der Waals surface area contributed by atoms with Crippen molar-refractivity contribution in [2.75, 3.05) is 0 Å². The number of aromatic nitrogens is 1. The Morgan fingerprint density at radius 2 is 2.38 bits per heavy atom. The molecule has 1 fully saturated rings. The number of nitrogens with zero attached hydrogens (tertiary/aromatic N) is 1. The second-order valence-corrected chi connectivity index (χ2v) is 4.23. The van der Waals surface area contributed by atoms with Crippen molar-refractivity contribution < 1.29 is 0 Å². The molecule has 1 aromatic heterocycles. The molecule has 2 aliphatic rings. The standard InChI is InChI=1S/C12H13N/c1-2-8-13-11(3-1)12-6-4-10(9-12)5-7-12/h1-4,6,8,10H,5,7,9H2. The van der Waals surface area contributed by atoms with Gasteiger partial charge in [-0.3, -0.25) is 4.98 Å². The van der Waals surface area contributed by atoms with Gasteiger partial charge in [0.2, 0.25) is 0 Å². The first-order valence-electron chi connectivity index (χ1n) is 5.00. The van der Waals surface area contributed by atoms with Crippen LogP contribution in [0, 0.1) is 5.92 Å². The lowest BCUT2D eigenvalue weighted by Crippen LogP contribution is -2.18. The van der Waals surface area contributed by atoms with Crippen LogP contribution in [0.25, 0.3) is 0 Å². The Labute approximate surface area is 78.5 Å². The van der Waals surface area contributed by atoms with Gasteiger partial charge < -0.3 is 0 Å². The van der Waals surface area contributed by atoms with Crippen LogP contribution in [-0.2, 0) is 5.41 Å². The summed E-state index contributed by atoms with van der Waals surface area (Å²) in [6, 6.07) is 6.25. The largest absolute Gasteiger partial charge is 0.260 e. The molecule has 1 saturated carbocycles. The lowest BCUT2D eigenvalue weighted by Gasteiger charge is -2.22. The van der Waals surface area contributed by atoms with E-state index in [0.29, 0.717) is 5.41 Å². The lowest BCUT2D eigenvalue weighted by atomic mass is 9.84. The van der Waals surface area contributed by atoms with Crippen LogP contribution in [0.5, 0.6) is 0 Å². The Morgan fingerprint density at radius 3 is 2.92 bits per heavy atom. The van der Waals surface area contributed by atoms with Gasteiger partial charge >= 0.3 is 0 Å². The molecule has 2 aliphatic carbocycles. The van der Waals surface area contributed by atoms with E-state index in [-0.39, 0.29) is 0 Å². The van der Waals surface area contributed by atoms with Crippen LogP contribution >= 0.6 is 0 Å².